The van der Waals surface area contributed by atoms with Crippen LogP contribution in [0.3, 0.4) is 0 Å². The quantitative estimate of drug-likeness (QED) is 0.465. The summed E-state index contributed by atoms with van der Waals surface area (Å²) in [4.78, 5) is 15.0. The summed E-state index contributed by atoms with van der Waals surface area (Å²) in [6.07, 6.45) is 1.83. The molecule has 0 unspecified atom stereocenters. The lowest BCUT2D eigenvalue weighted by Gasteiger charge is -2.20. The Labute approximate surface area is 178 Å². The standard InChI is InChI=1S/C23H17Cl2NO3/c1-28-20-11-10-14(13-21(20)29-2)12-16-15-6-3-4-9-19(15)26(23(16)27)22-17(24)7-5-8-18(22)25/h3-13H,1-2H3/b16-12-. The van der Waals surface area contributed by atoms with E-state index in [2.05, 4.69) is 0 Å². The molecule has 4 nitrogen and oxygen atoms in total. The number of benzene rings is 3. The number of carbonyl (C=O) groups excluding carboxylic acids is 1. The molecule has 0 spiro atoms. The zero-order chi connectivity index (χ0) is 20.5. The maximum absolute atomic E-state index is 13.4. The molecule has 3 aromatic rings. The Kier molecular flexibility index (Phi) is 5.22. The summed E-state index contributed by atoms with van der Waals surface area (Å²) in [6, 6.07) is 18.2. The first-order valence-corrected chi connectivity index (χ1v) is 9.62. The molecule has 29 heavy (non-hydrogen) atoms. The minimum absolute atomic E-state index is 0.198. The maximum Gasteiger partial charge on any atom is 0.263 e. The van der Waals surface area contributed by atoms with E-state index in [4.69, 9.17) is 32.7 Å². The first kappa shape index (κ1) is 19.4. The third kappa shape index (κ3) is 3.35. The van der Waals surface area contributed by atoms with Crippen molar-refractivity contribution in [3.05, 3.63) is 81.8 Å². The van der Waals surface area contributed by atoms with Crippen LogP contribution in [0.2, 0.25) is 10.0 Å². The molecule has 146 valence electrons. The zero-order valence-corrected chi connectivity index (χ0v) is 17.3. The van der Waals surface area contributed by atoms with E-state index in [-0.39, 0.29) is 5.91 Å². The van der Waals surface area contributed by atoms with Crippen molar-refractivity contribution < 1.29 is 14.3 Å². The summed E-state index contributed by atoms with van der Waals surface area (Å²) in [5, 5.41) is 0.820. The topological polar surface area (TPSA) is 38.8 Å². The van der Waals surface area contributed by atoms with E-state index in [0.29, 0.717) is 32.8 Å². The van der Waals surface area contributed by atoms with Crippen molar-refractivity contribution in [2.45, 2.75) is 0 Å². The van der Waals surface area contributed by atoms with Gasteiger partial charge >= 0.3 is 0 Å². The number of halogens is 2. The van der Waals surface area contributed by atoms with Gasteiger partial charge in [-0.05, 0) is 42.0 Å². The molecule has 0 saturated heterocycles. The fourth-order valence-electron chi connectivity index (χ4n) is 3.41. The second-order valence-electron chi connectivity index (χ2n) is 6.40. The molecule has 0 radical (unpaired) electrons. The number of hydrogen-bond acceptors (Lipinski definition) is 3. The van der Waals surface area contributed by atoms with Gasteiger partial charge in [0.15, 0.2) is 11.5 Å². The van der Waals surface area contributed by atoms with Gasteiger partial charge in [-0.3, -0.25) is 9.69 Å². The van der Waals surface area contributed by atoms with E-state index in [1.165, 1.54) is 0 Å². The average molecular weight is 426 g/mol. The Morgan fingerprint density at radius 1 is 0.862 bits per heavy atom. The first-order chi connectivity index (χ1) is 14.0. The van der Waals surface area contributed by atoms with E-state index >= 15 is 0 Å². The van der Waals surface area contributed by atoms with Gasteiger partial charge in [-0.2, -0.15) is 0 Å². The van der Waals surface area contributed by atoms with Crippen molar-refractivity contribution in [2.75, 3.05) is 19.1 Å². The van der Waals surface area contributed by atoms with Crippen molar-refractivity contribution >= 4 is 52.1 Å². The third-order valence-electron chi connectivity index (χ3n) is 4.75. The molecular formula is C23H17Cl2NO3. The fourth-order valence-corrected chi connectivity index (χ4v) is 3.98. The van der Waals surface area contributed by atoms with Crippen LogP contribution in [0.15, 0.2) is 60.7 Å². The van der Waals surface area contributed by atoms with Crippen LogP contribution in [0.1, 0.15) is 11.1 Å². The Balaban J connectivity index is 1.87. The highest BCUT2D eigenvalue weighted by atomic mass is 35.5. The Morgan fingerprint density at radius 2 is 1.55 bits per heavy atom. The van der Waals surface area contributed by atoms with Crippen molar-refractivity contribution in [3.63, 3.8) is 0 Å². The Bertz CT molecular complexity index is 1120. The number of nitrogens with zero attached hydrogens (tertiary/aromatic N) is 1. The monoisotopic (exact) mass is 425 g/mol. The van der Waals surface area contributed by atoms with Crippen molar-refractivity contribution in [1.29, 1.82) is 0 Å². The largest absolute Gasteiger partial charge is 0.493 e. The lowest BCUT2D eigenvalue weighted by Crippen LogP contribution is -2.21. The Morgan fingerprint density at radius 3 is 2.24 bits per heavy atom. The minimum atomic E-state index is -0.198. The summed E-state index contributed by atoms with van der Waals surface area (Å²) in [5.41, 5.74) is 3.38. The number of anilines is 2. The van der Waals surface area contributed by atoms with Crippen LogP contribution in [-0.2, 0) is 4.79 Å². The highest BCUT2D eigenvalue weighted by Crippen LogP contribution is 2.47. The molecule has 3 aromatic carbocycles. The van der Waals surface area contributed by atoms with Crippen LogP contribution in [-0.4, -0.2) is 20.1 Å². The van der Waals surface area contributed by atoms with Crippen LogP contribution >= 0.6 is 23.2 Å². The highest BCUT2D eigenvalue weighted by molar-refractivity contribution is 6.44. The van der Waals surface area contributed by atoms with Crippen molar-refractivity contribution in [2.24, 2.45) is 0 Å². The lowest BCUT2D eigenvalue weighted by molar-refractivity contribution is -0.112. The molecule has 0 atom stereocenters. The molecule has 1 amide bonds. The summed E-state index contributed by atoms with van der Waals surface area (Å²) in [7, 11) is 3.16. The van der Waals surface area contributed by atoms with E-state index in [0.717, 1.165) is 16.8 Å². The number of methoxy groups -OCH3 is 2. The molecule has 0 saturated carbocycles. The number of carbonyl (C=O) groups is 1. The molecule has 0 aliphatic carbocycles. The summed E-state index contributed by atoms with van der Waals surface area (Å²) < 4.78 is 10.7. The van der Waals surface area contributed by atoms with Crippen molar-refractivity contribution in [3.8, 4) is 11.5 Å². The average Bonchev–Trinajstić information content (AvgIpc) is 3.00. The maximum atomic E-state index is 13.4. The summed E-state index contributed by atoms with van der Waals surface area (Å²) in [6.45, 7) is 0. The molecule has 0 fully saturated rings. The van der Waals surface area contributed by atoms with Gasteiger partial charge in [-0.1, -0.05) is 53.5 Å². The molecule has 0 aromatic heterocycles. The van der Waals surface area contributed by atoms with Gasteiger partial charge in [0.2, 0.25) is 0 Å². The normalized spacial score (nSPS) is 14.3. The van der Waals surface area contributed by atoms with Gasteiger partial charge in [0.1, 0.15) is 0 Å². The molecule has 1 aliphatic heterocycles. The molecular weight excluding hydrogens is 409 g/mol. The van der Waals surface area contributed by atoms with E-state index < -0.39 is 0 Å². The number of amides is 1. The molecule has 6 heteroatoms. The van der Waals surface area contributed by atoms with Gasteiger partial charge < -0.3 is 9.47 Å². The number of ether oxygens (including phenoxy) is 2. The predicted octanol–water partition coefficient (Wildman–Crippen LogP) is 6.23. The number of rotatable bonds is 4. The number of fused-ring (bicyclic) bond motifs is 1. The van der Waals surface area contributed by atoms with Crippen molar-refractivity contribution in [1.82, 2.24) is 0 Å². The fraction of sp³-hybridized carbons (Fsp3) is 0.0870. The highest BCUT2D eigenvalue weighted by Gasteiger charge is 2.35. The van der Waals surface area contributed by atoms with Crippen LogP contribution in [0.25, 0.3) is 11.6 Å². The molecule has 0 N–H and O–H groups in total. The van der Waals surface area contributed by atoms with E-state index in [9.17, 15) is 4.79 Å². The Hall–Kier alpha value is -2.95. The second-order valence-corrected chi connectivity index (χ2v) is 7.21. The van der Waals surface area contributed by atoms with Crippen LogP contribution in [0.4, 0.5) is 11.4 Å². The second kappa shape index (κ2) is 7.82. The van der Waals surface area contributed by atoms with Crippen LogP contribution in [0, 0.1) is 0 Å². The van der Waals surface area contributed by atoms with Gasteiger partial charge in [0.05, 0.1) is 41.2 Å². The van der Waals surface area contributed by atoms with E-state index in [1.807, 2.05) is 42.5 Å². The van der Waals surface area contributed by atoms with Gasteiger partial charge in [0, 0.05) is 5.56 Å². The summed E-state index contributed by atoms with van der Waals surface area (Å²) in [5.74, 6) is 1.01. The molecule has 0 bridgehead atoms. The SMILES string of the molecule is COc1ccc(/C=C2\C(=O)N(c3c(Cl)cccc3Cl)c3ccccc32)cc1OC. The van der Waals surface area contributed by atoms with Crippen LogP contribution < -0.4 is 14.4 Å². The first-order valence-electron chi connectivity index (χ1n) is 8.86. The predicted molar refractivity (Wildman–Crippen MR) is 117 cm³/mol. The number of para-hydroxylation sites is 2. The smallest absolute Gasteiger partial charge is 0.263 e. The van der Waals surface area contributed by atoms with Gasteiger partial charge in [-0.25, -0.2) is 0 Å². The molecule has 4 rings (SSSR count). The number of hydrogen-bond donors (Lipinski definition) is 0. The van der Waals surface area contributed by atoms with Gasteiger partial charge in [0.25, 0.3) is 5.91 Å². The lowest BCUT2D eigenvalue weighted by atomic mass is 10.0. The minimum Gasteiger partial charge on any atom is -0.493 e. The third-order valence-corrected chi connectivity index (χ3v) is 5.36. The molecule has 1 heterocycles. The zero-order valence-electron chi connectivity index (χ0n) is 15.8. The van der Waals surface area contributed by atoms with Gasteiger partial charge in [-0.15, -0.1) is 0 Å². The van der Waals surface area contributed by atoms with Crippen LogP contribution in [0.5, 0.6) is 11.5 Å². The molecule has 1 aliphatic rings. The van der Waals surface area contributed by atoms with E-state index in [1.54, 1.807) is 43.4 Å². The summed E-state index contributed by atoms with van der Waals surface area (Å²) >= 11 is 12.8.